The first-order valence-corrected chi connectivity index (χ1v) is 10.8. The summed E-state index contributed by atoms with van der Waals surface area (Å²) in [6, 6.07) is 18.2. The number of hydrogen-bond donors (Lipinski definition) is 0. The summed E-state index contributed by atoms with van der Waals surface area (Å²) in [7, 11) is 0. The van der Waals surface area contributed by atoms with Crippen molar-refractivity contribution in [3.05, 3.63) is 58.6 Å². The molecule has 0 radical (unpaired) electrons. The molecule has 152 valence electrons. The number of likely N-dealkylation sites (tertiary alicyclic amines) is 1. The third kappa shape index (κ3) is 5.59. The highest BCUT2D eigenvalue weighted by Crippen LogP contribution is 2.33. The Kier molecular flexibility index (Phi) is 7.68. The van der Waals surface area contributed by atoms with Crippen molar-refractivity contribution in [2.75, 3.05) is 31.1 Å². The highest BCUT2D eigenvalue weighted by Gasteiger charge is 2.29. The van der Waals surface area contributed by atoms with Gasteiger partial charge >= 0.3 is 0 Å². The molecule has 0 saturated carbocycles. The third-order valence-corrected chi connectivity index (χ3v) is 5.64. The molecule has 5 nitrogen and oxygen atoms in total. The van der Waals surface area contributed by atoms with Crippen LogP contribution in [0.2, 0.25) is 0 Å². The molecule has 29 heavy (non-hydrogen) atoms. The lowest BCUT2D eigenvalue weighted by molar-refractivity contribution is -0.120. The van der Waals surface area contributed by atoms with Crippen molar-refractivity contribution in [3.63, 3.8) is 0 Å². The van der Waals surface area contributed by atoms with Gasteiger partial charge in [-0.2, -0.15) is 5.26 Å². The zero-order chi connectivity index (χ0) is 20.6. The van der Waals surface area contributed by atoms with Crippen molar-refractivity contribution in [2.45, 2.75) is 32.2 Å². The zero-order valence-electron chi connectivity index (χ0n) is 16.7. The number of rotatable bonds is 8. The molecule has 1 saturated heterocycles. The van der Waals surface area contributed by atoms with E-state index >= 15 is 0 Å². The van der Waals surface area contributed by atoms with Gasteiger partial charge in [0.25, 0.3) is 0 Å². The maximum absolute atomic E-state index is 13.2. The fourth-order valence-electron chi connectivity index (χ4n) is 3.81. The Labute approximate surface area is 181 Å². The first-order chi connectivity index (χ1) is 14.1. The van der Waals surface area contributed by atoms with Gasteiger partial charge in [-0.25, -0.2) is 0 Å². The average Bonchev–Trinajstić information content (AvgIpc) is 3.18. The fraction of sp³-hybridized carbons (Fsp3) is 0.391. The molecule has 6 heteroatoms. The summed E-state index contributed by atoms with van der Waals surface area (Å²) < 4.78 is 6.55. The number of carbonyl (C=O) groups is 1. The van der Waals surface area contributed by atoms with Gasteiger partial charge in [0.05, 0.1) is 25.6 Å². The minimum absolute atomic E-state index is 0.0197. The van der Waals surface area contributed by atoms with E-state index < -0.39 is 0 Å². The van der Waals surface area contributed by atoms with Gasteiger partial charge in [0.2, 0.25) is 5.91 Å². The van der Waals surface area contributed by atoms with Crippen molar-refractivity contribution < 1.29 is 9.53 Å². The van der Waals surface area contributed by atoms with Crippen LogP contribution < -0.4 is 9.64 Å². The first-order valence-electron chi connectivity index (χ1n) is 10.0. The van der Waals surface area contributed by atoms with Gasteiger partial charge in [-0.3, -0.25) is 9.69 Å². The van der Waals surface area contributed by atoms with Gasteiger partial charge < -0.3 is 9.64 Å². The SMILES string of the molecule is CCOc1ccc(N(CCC#N)C(=O)CN2CCCC2c2cccc(Br)c2)cc1. The quantitative estimate of drug-likeness (QED) is 0.565. The smallest absolute Gasteiger partial charge is 0.241 e. The van der Waals surface area contributed by atoms with Gasteiger partial charge in [0, 0.05) is 22.7 Å². The number of ether oxygens (including phenoxy) is 1. The number of carbonyl (C=O) groups excluding carboxylic acids is 1. The maximum Gasteiger partial charge on any atom is 0.241 e. The molecular weight excluding hydrogens is 430 g/mol. The predicted octanol–water partition coefficient (Wildman–Crippen LogP) is 4.93. The summed E-state index contributed by atoms with van der Waals surface area (Å²) >= 11 is 3.54. The number of nitrogens with zero attached hydrogens (tertiary/aromatic N) is 3. The molecule has 0 aromatic heterocycles. The number of hydrogen-bond acceptors (Lipinski definition) is 4. The molecule has 2 aromatic rings. The van der Waals surface area contributed by atoms with E-state index in [1.807, 2.05) is 43.3 Å². The van der Waals surface area contributed by atoms with Crippen LogP contribution in [-0.4, -0.2) is 37.0 Å². The van der Waals surface area contributed by atoms with E-state index in [1.54, 1.807) is 4.90 Å². The minimum atomic E-state index is 0.0197. The van der Waals surface area contributed by atoms with Gasteiger partial charge in [-0.1, -0.05) is 28.1 Å². The molecule has 1 aliphatic heterocycles. The minimum Gasteiger partial charge on any atom is -0.494 e. The number of anilines is 1. The van der Waals surface area contributed by atoms with Crippen molar-refractivity contribution in [1.29, 1.82) is 5.26 Å². The number of amides is 1. The van der Waals surface area contributed by atoms with Crippen LogP contribution >= 0.6 is 15.9 Å². The summed E-state index contributed by atoms with van der Waals surface area (Å²) in [4.78, 5) is 17.2. The van der Waals surface area contributed by atoms with E-state index in [4.69, 9.17) is 10.00 Å². The van der Waals surface area contributed by atoms with Crippen LogP contribution in [0, 0.1) is 11.3 Å². The van der Waals surface area contributed by atoms with Gasteiger partial charge in [0.15, 0.2) is 0 Å². The predicted molar refractivity (Wildman–Crippen MR) is 118 cm³/mol. The van der Waals surface area contributed by atoms with E-state index in [2.05, 4.69) is 39.0 Å². The Bertz CT molecular complexity index is 863. The second kappa shape index (κ2) is 10.4. The van der Waals surface area contributed by atoms with Crippen LogP contribution in [0.3, 0.4) is 0 Å². The summed E-state index contributed by atoms with van der Waals surface area (Å²) in [5.41, 5.74) is 2.03. The van der Waals surface area contributed by atoms with E-state index in [1.165, 1.54) is 5.56 Å². The Morgan fingerprint density at radius 3 is 2.79 bits per heavy atom. The average molecular weight is 456 g/mol. The zero-order valence-corrected chi connectivity index (χ0v) is 18.3. The van der Waals surface area contributed by atoms with Crippen LogP contribution in [0.1, 0.15) is 37.8 Å². The lowest BCUT2D eigenvalue weighted by Crippen LogP contribution is -2.40. The molecule has 1 heterocycles. The molecule has 1 amide bonds. The lowest BCUT2D eigenvalue weighted by Gasteiger charge is -2.28. The third-order valence-electron chi connectivity index (χ3n) is 5.14. The molecule has 0 N–H and O–H groups in total. The van der Waals surface area contributed by atoms with Gasteiger partial charge in [0.1, 0.15) is 5.75 Å². The van der Waals surface area contributed by atoms with E-state index in [-0.39, 0.29) is 11.9 Å². The van der Waals surface area contributed by atoms with Crippen LogP contribution in [-0.2, 0) is 4.79 Å². The van der Waals surface area contributed by atoms with Crippen LogP contribution in [0.5, 0.6) is 5.75 Å². The molecule has 1 unspecified atom stereocenters. The molecule has 2 aromatic carbocycles. The molecule has 1 fully saturated rings. The molecule has 3 rings (SSSR count). The maximum atomic E-state index is 13.2. The molecule has 0 spiro atoms. The van der Waals surface area contributed by atoms with E-state index in [0.717, 1.165) is 35.3 Å². The fourth-order valence-corrected chi connectivity index (χ4v) is 4.23. The molecule has 1 atom stereocenters. The lowest BCUT2D eigenvalue weighted by atomic mass is 10.0. The number of halogens is 1. The van der Waals surface area contributed by atoms with Crippen LogP contribution in [0.15, 0.2) is 53.0 Å². The Morgan fingerprint density at radius 1 is 1.31 bits per heavy atom. The van der Waals surface area contributed by atoms with Crippen molar-refractivity contribution in [1.82, 2.24) is 4.90 Å². The molecule has 0 aliphatic carbocycles. The first kappa shape index (κ1) is 21.4. The summed E-state index contributed by atoms with van der Waals surface area (Å²) in [5, 5.41) is 9.04. The second-order valence-corrected chi connectivity index (χ2v) is 7.98. The largest absolute Gasteiger partial charge is 0.494 e. The summed E-state index contributed by atoms with van der Waals surface area (Å²) in [5.74, 6) is 0.796. The van der Waals surface area contributed by atoms with Crippen LogP contribution in [0.4, 0.5) is 5.69 Å². The standard InChI is InChI=1S/C23H26BrN3O2/c1-2-29-21-11-9-20(10-12-21)27(15-5-13-25)23(28)17-26-14-4-8-22(26)18-6-3-7-19(24)16-18/h3,6-7,9-12,16,22H,2,4-5,8,14-15,17H2,1H3. The van der Waals surface area contributed by atoms with Crippen molar-refractivity contribution in [2.24, 2.45) is 0 Å². The second-order valence-electron chi connectivity index (χ2n) is 7.06. The van der Waals surface area contributed by atoms with Gasteiger partial charge in [-0.15, -0.1) is 0 Å². The summed E-state index contributed by atoms with van der Waals surface area (Å²) in [6.45, 7) is 4.17. The Balaban J connectivity index is 1.74. The Morgan fingerprint density at radius 2 is 2.10 bits per heavy atom. The topological polar surface area (TPSA) is 56.6 Å². The highest BCUT2D eigenvalue weighted by molar-refractivity contribution is 9.10. The molecule has 0 bridgehead atoms. The van der Waals surface area contributed by atoms with Crippen molar-refractivity contribution >= 4 is 27.5 Å². The highest BCUT2D eigenvalue weighted by atomic mass is 79.9. The van der Waals surface area contributed by atoms with Crippen molar-refractivity contribution in [3.8, 4) is 11.8 Å². The Hall–Kier alpha value is -2.36. The monoisotopic (exact) mass is 455 g/mol. The number of nitriles is 1. The van der Waals surface area contributed by atoms with Gasteiger partial charge in [-0.05, 0) is 68.3 Å². The number of benzene rings is 2. The van der Waals surface area contributed by atoms with E-state index in [9.17, 15) is 4.79 Å². The summed E-state index contributed by atoms with van der Waals surface area (Å²) in [6.07, 6.45) is 2.42. The van der Waals surface area contributed by atoms with Crippen LogP contribution in [0.25, 0.3) is 0 Å². The van der Waals surface area contributed by atoms with E-state index in [0.29, 0.717) is 26.1 Å². The normalized spacial score (nSPS) is 16.4. The molecule has 1 aliphatic rings. The molecular formula is C23H26BrN3O2.